The zero-order valence-corrected chi connectivity index (χ0v) is 13.1. The smallest absolute Gasteiger partial charge is 0.136 e. The fourth-order valence-electron chi connectivity index (χ4n) is 2.26. The van der Waals surface area contributed by atoms with Crippen molar-refractivity contribution in [3.8, 4) is 0 Å². The van der Waals surface area contributed by atoms with Gasteiger partial charge in [0.2, 0.25) is 0 Å². The van der Waals surface area contributed by atoms with Gasteiger partial charge in [0.1, 0.15) is 17.5 Å². The summed E-state index contributed by atoms with van der Waals surface area (Å²) in [7, 11) is 0. The summed E-state index contributed by atoms with van der Waals surface area (Å²) in [6.07, 6.45) is 2.93. The number of anilines is 3. The molecule has 4 nitrogen and oxygen atoms in total. The van der Waals surface area contributed by atoms with E-state index in [4.69, 9.17) is 0 Å². The molecule has 1 heterocycles. The van der Waals surface area contributed by atoms with E-state index in [0.29, 0.717) is 0 Å². The predicted molar refractivity (Wildman–Crippen MR) is 89.3 cm³/mol. The van der Waals surface area contributed by atoms with Gasteiger partial charge in [-0.3, -0.25) is 0 Å². The van der Waals surface area contributed by atoms with Crippen molar-refractivity contribution in [3.63, 3.8) is 0 Å². The monoisotopic (exact) mass is 284 g/mol. The molecule has 0 radical (unpaired) electrons. The van der Waals surface area contributed by atoms with Gasteiger partial charge in [-0.1, -0.05) is 32.0 Å². The van der Waals surface area contributed by atoms with Crippen LogP contribution in [0.2, 0.25) is 0 Å². The molecule has 21 heavy (non-hydrogen) atoms. The van der Waals surface area contributed by atoms with E-state index >= 15 is 0 Å². The molecule has 0 saturated heterocycles. The van der Waals surface area contributed by atoms with Gasteiger partial charge in [-0.15, -0.1) is 0 Å². The summed E-state index contributed by atoms with van der Waals surface area (Å²) in [6, 6.07) is 10.3. The average Bonchev–Trinajstić information content (AvgIpc) is 2.48. The largest absolute Gasteiger partial charge is 0.370 e. The number of nitrogens with one attached hydrogen (secondary N) is 2. The van der Waals surface area contributed by atoms with Gasteiger partial charge < -0.3 is 10.6 Å². The number of hydrogen-bond donors (Lipinski definition) is 2. The van der Waals surface area contributed by atoms with Crippen molar-refractivity contribution in [1.82, 2.24) is 9.97 Å². The molecular weight excluding hydrogens is 260 g/mol. The minimum atomic E-state index is 0.852. The molecule has 2 rings (SSSR count). The summed E-state index contributed by atoms with van der Waals surface area (Å²) in [6.45, 7) is 7.23. The molecule has 4 heteroatoms. The van der Waals surface area contributed by atoms with Crippen LogP contribution >= 0.6 is 0 Å². The van der Waals surface area contributed by atoms with Crippen LogP contribution < -0.4 is 10.6 Å². The van der Waals surface area contributed by atoms with Gasteiger partial charge in [0.25, 0.3) is 0 Å². The summed E-state index contributed by atoms with van der Waals surface area (Å²) < 4.78 is 0. The minimum absolute atomic E-state index is 0.852. The van der Waals surface area contributed by atoms with Crippen molar-refractivity contribution in [2.75, 3.05) is 17.2 Å². The van der Waals surface area contributed by atoms with Gasteiger partial charge in [0.15, 0.2) is 0 Å². The first-order chi connectivity index (χ1) is 10.3. The van der Waals surface area contributed by atoms with E-state index in [9.17, 15) is 0 Å². The molecule has 112 valence electrons. The molecule has 0 aliphatic heterocycles. The van der Waals surface area contributed by atoms with E-state index < -0.39 is 0 Å². The summed E-state index contributed by atoms with van der Waals surface area (Å²) in [4.78, 5) is 9.15. The van der Waals surface area contributed by atoms with Crippen LogP contribution in [0.15, 0.2) is 30.3 Å². The SMILES string of the molecule is CCCc1nc(NCC)cc(Nc2ccccc2CC)n1. The van der Waals surface area contributed by atoms with E-state index in [-0.39, 0.29) is 0 Å². The lowest BCUT2D eigenvalue weighted by atomic mass is 10.1. The molecule has 1 aromatic carbocycles. The molecule has 0 atom stereocenters. The van der Waals surface area contributed by atoms with Gasteiger partial charge in [0.05, 0.1) is 0 Å². The fraction of sp³-hybridized carbons (Fsp3) is 0.412. The number of aryl methyl sites for hydroxylation is 2. The summed E-state index contributed by atoms with van der Waals surface area (Å²) in [5.74, 6) is 2.62. The molecule has 0 aliphatic rings. The number of hydrogen-bond acceptors (Lipinski definition) is 4. The average molecular weight is 284 g/mol. The highest BCUT2D eigenvalue weighted by molar-refractivity contribution is 5.62. The Morgan fingerprint density at radius 1 is 1.00 bits per heavy atom. The van der Waals surface area contributed by atoms with Crippen LogP contribution in [0.1, 0.15) is 38.6 Å². The Bertz CT molecular complexity index is 557. The van der Waals surface area contributed by atoms with Gasteiger partial charge in [0, 0.05) is 24.7 Å². The maximum Gasteiger partial charge on any atom is 0.136 e. The fourth-order valence-corrected chi connectivity index (χ4v) is 2.26. The van der Waals surface area contributed by atoms with Crippen molar-refractivity contribution in [2.45, 2.75) is 40.0 Å². The topological polar surface area (TPSA) is 49.8 Å². The highest BCUT2D eigenvalue weighted by atomic mass is 15.1. The molecule has 0 bridgehead atoms. The highest BCUT2D eigenvalue weighted by Gasteiger charge is 2.06. The van der Waals surface area contributed by atoms with Crippen molar-refractivity contribution in [1.29, 1.82) is 0 Å². The van der Waals surface area contributed by atoms with Crippen molar-refractivity contribution in [2.24, 2.45) is 0 Å². The maximum absolute atomic E-state index is 4.61. The third-order valence-electron chi connectivity index (χ3n) is 3.26. The Kier molecular flexibility index (Phi) is 5.55. The predicted octanol–water partition coefficient (Wildman–Crippen LogP) is 4.17. The van der Waals surface area contributed by atoms with Crippen LogP contribution in [0.5, 0.6) is 0 Å². The summed E-state index contributed by atoms with van der Waals surface area (Å²) in [5, 5.41) is 6.70. The number of rotatable bonds is 7. The highest BCUT2D eigenvalue weighted by Crippen LogP contribution is 2.22. The van der Waals surface area contributed by atoms with Gasteiger partial charge in [-0.05, 0) is 31.4 Å². The van der Waals surface area contributed by atoms with Gasteiger partial charge in [-0.2, -0.15) is 0 Å². The lowest BCUT2D eigenvalue weighted by Crippen LogP contribution is -2.06. The number of nitrogens with zero attached hydrogens (tertiary/aromatic N) is 2. The Balaban J connectivity index is 2.29. The third kappa shape index (κ3) is 4.18. The van der Waals surface area contributed by atoms with Gasteiger partial charge in [-0.25, -0.2) is 9.97 Å². The molecule has 2 N–H and O–H groups in total. The van der Waals surface area contributed by atoms with Gasteiger partial charge >= 0.3 is 0 Å². The molecule has 0 aliphatic carbocycles. The minimum Gasteiger partial charge on any atom is -0.370 e. The Labute approximate surface area is 127 Å². The first kappa shape index (κ1) is 15.3. The molecule has 1 aromatic heterocycles. The van der Waals surface area contributed by atoms with Crippen molar-refractivity contribution < 1.29 is 0 Å². The second-order valence-corrected chi connectivity index (χ2v) is 4.97. The van der Waals surface area contributed by atoms with Crippen LogP contribution in [-0.4, -0.2) is 16.5 Å². The quantitative estimate of drug-likeness (QED) is 0.801. The second-order valence-electron chi connectivity index (χ2n) is 4.97. The second kappa shape index (κ2) is 7.62. The molecule has 2 aromatic rings. The number of aromatic nitrogens is 2. The number of benzene rings is 1. The molecular formula is C17H24N4. The molecule has 0 saturated carbocycles. The molecule has 0 spiro atoms. The van der Waals surface area contributed by atoms with Crippen LogP contribution in [0.4, 0.5) is 17.3 Å². The summed E-state index contributed by atoms with van der Waals surface area (Å²) >= 11 is 0. The maximum atomic E-state index is 4.61. The van der Waals surface area contributed by atoms with Crippen molar-refractivity contribution >= 4 is 17.3 Å². The molecule has 0 fully saturated rings. The first-order valence-electron chi connectivity index (χ1n) is 7.73. The zero-order chi connectivity index (χ0) is 15.1. The van der Waals surface area contributed by atoms with Crippen LogP contribution in [-0.2, 0) is 12.8 Å². The third-order valence-corrected chi connectivity index (χ3v) is 3.26. The van der Waals surface area contributed by atoms with E-state index in [2.05, 4.69) is 59.6 Å². The van der Waals surface area contributed by atoms with Crippen LogP contribution in [0.3, 0.4) is 0 Å². The lowest BCUT2D eigenvalue weighted by molar-refractivity contribution is 0.836. The zero-order valence-electron chi connectivity index (χ0n) is 13.1. The van der Waals surface area contributed by atoms with Crippen molar-refractivity contribution in [3.05, 3.63) is 41.7 Å². The Hall–Kier alpha value is -2.10. The van der Waals surface area contributed by atoms with E-state index in [0.717, 1.165) is 49.0 Å². The van der Waals surface area contributed by atoms with E-state index in [1.54, 1.807) is 0 Å². The van der Waals surface area contributed by atoms with E-state index in [1.807, 2.05) is 12.1 Å². The Morgan fingerprint density at radius 2 is 1.76 bits per heavy atom. The lowest BCUT2D eigenvalue weighted by Gasteiger charge is -2.12. The van der Waals surface area contributed by atoms with Crippen LogP contribution in [0, 0.1) is 0 Å². The van der Waals surface area contributed by atoms with Crippen LogP contribution in [0.25, 0.3) is 0 Å². The standard InChI is InChI=1S/C17H24N4/c1-4-9-15-20-16(18-6-3)12-17(21-15)19-14-11-8-7-10-13(14)5-2/h7-8,10-12H,4-6,9H2,1-3H3,(H2,18,19,20,21). The Morgan fingerprint density at radius 3 is 2.48 bits per heavy atom. The normalized spacial score (nSPS) is 10.4. The summed E-state index contributed by atoms with van der Waals surface area (Å²) in [5.41, 5.74) is 2.40. The number of para-hydroxylation sites is 1. The first-order valence-corrected chi connectivity index (χ1v) is 7.73. The molecule has 0 unspecified atom stereocenters. The molecule has 0 amide bonds. The van der Waals surface area contributed by atoms with E-state index in [1.165, 1.54) is 5.56 Å².